The molecule has 0 radical (unpaired) electrons. The van der Waals surface area contributed by atoms with Crippen molar-refractivity contribution in [3.05, 3.63) is 0 Å². The zero-order chi connectivity index (χ0) is 21.8. The first-order valence-electron chi connectivity index (χ1n) is 9.88. The lowest BCUT2D eigenvalue weighted by Crippen LogP contribution is -2.64. The van der Waals surface area contributed by atoms with Crippen LogP contribution in [0.5, 0.6) is 0 Å². The van der Waals surface area contributed by atoms with Crippen LogP contribution in [-0.2, 0) is 9.47 Å². The Labute approximate surface area is 168 Å². The smallest absolute Gasteiger partial charge is 0.110 e. The zero-order valence-corrected chi connectivity index (χ0v) is 16.2. The Bertz CT molecular complexity index is 494. The van der Waals surface area contributed by atoms with E-state index in [1.807, 2.05) is 0 Å². The van der Waals surface area contributed by atoms with Crippen molar-refractivity contribution in [2.45, 2.75) is 67.6 Å². The van der Waals surface area contributed by atoms with E-state index in [1.165, 1.54) is 0 Å². The molecule has 29 heavy (non-hydrogen) atoms. The minimum Gasteiger partial charge on any atom is -0.396 e. The molecule has 1 aliphatic carbocycles. The molecule has 0 amide bonds. The molecule has 0 bridgehead atoms. The second-order valence-electron chi connectivity index (χ2n) is 8.08. The standard InChI is InChI=1S/C18H34O11/c19-5-9-7-29-18(3-1-10(18)14(24)17(27)13(9)23)8-28-4-2-11(21)15(25)16(26)12(22)6-20/h9-17,19-27H,1-8H2. The summed E-state index contributed by atoms with van der Waals surface area (Å²) in [5.41, 5.74) is -0.899. The number of aliphatic hydroxyl groups is 9. The van der Waals surface area contributed by atoms with Crippen molar-refractivity contribution in [1.82, 2.24) is 0 Å². The van der Waals surface area contributed by atoms with Gasteiger partial charge in [0.2, 0.25) is 0 Å². The van der Waals surface area contributed by atoms with Gasteiger partial charge >= 0.3 is 0 Å². The average molecular weight is 426 g/mol. The van der Waals surface area contributed by atoms with Gasteiger partial charge in [0.05, 0.1) is 50.3 Å². The highest BCUT2D eigenvalue weighted by Gasteiger charge is 2.56. The highest BCUT2D eigenvalue weighted by Crippen LogP contribution is 2.47. The SMILES string of the molecule is OCC(O)C(O)C(O)C(O)CCOCC12CCC1C(O)C(O)C(O)C(CO)CO2. The highest BCUT2D eigenvalue weighted by atomic mass is 16.5. The van der Waals surface area contributed by atoms with Crippen molar-refractivity contribution in [3.8, 4) is 0 Å². The molecule has 1 heterocycles. The van der Waals surface area contributed by atoms with E-state index >= 15 is 0 Å². The number of hydrogen-bond donors (Lipinski definition) is 9. The summed E-state index contributed by atoms with van der Waals surface area (Å²) in [4.78, 5) is 0. The van der Waals surface area contributed by atoms with Crippen molar-refractivity contribution in [3.63, 3.8) is 0 Å². The molecule has 0 aromatic carbocycles. The molecule has 1 saturated carbocycles. The van der Waals surface area contributed by atoms with Crippen LogP contribution in [0, 0.1) is 11.8 Å². The third kappa shape index (κ3) is 5.43. The molecule has 10 unspecified atom stereocenters. The number of aliphatic hydroxyl groups excluding tert-OH is 9. The Morgan fingerprint density at radius 3 is 2.14 bits per heavy atom. The molecule has 1 aliphatic heterocycles. The monoisotopic (exact) mass is 426 g/mol. The summed E-state index contributed by atoms with van der Waals surface area (Å²) >= 11 is 0. The number of ether oxygens (including phenoxy) is 2. The number of hydrogen-bond acceptors (Lipinski definition) is 11. The van der Waals surface area contributed by atoms with Crippen molar-refractivity contribution < 1.29 is 55.4 Å². The summed E-state index contributed by atoms with van der Waals surface area (Å²) < 4.78 is 11.4. The molecular formula is C18H34O11. The Morgan fingerprint density at radius 2 is 1.59 bits per heavy atom. The van der Waals surface area contributed by atoms with E-state index in [0.717, 1.165) is 0 Å². The van der Waals surface area contributed by atoms with Gasteiger partial charge in [-0.05, 0) is 19.3 Å². The van der Waals surface area contributed by atoms with Gasteiger partial charge in [0.15, 0.2) is 0 Å². The zero-order valence-electron chi connectivity index (χ0n) is 16.2. The summed E-state index contributed by atoms with van der Waals surface area (Å²) in [6, 6.07) is 0. The summed E-state index contributed by atoms with van der Waals surface area (Å²) in [7, 11) is 0. The normalized spacial score (nSPS) is 39.4. The Hall–Kier alpha value is -0.440. The summed E-state index contributed by atoms with van der Waals surface area (Å²) in [5, 5.41) is 87.5. The molecule has 0 spiro atoms. The van der Waals surface area contributed by atoms with Crippen LogP contribution in [0.1, 0.15) is 19.3 Å². The van der Waals surface area contributed by atoms with Crippen molar-refractivity contribution in [2.75, 3.05) is 33.0 Å². The van der Waals surface area contributed by atoms with Crippen LogP contribution in [0.3, 0.4) is 0 Å². The fourth-order valence-electron chi connectivity index (χ4n) is 3.95. The average Bonchev–Trinajstić information content (AvgIpc) is 2.71. The Kier molecular flexibility index (Phi) is 9.19. The van der Waals surface area contributed by atoms with Gasteiger partial charge in [-0.1, -0.05) is 0 Å². The quantitative estimate of drug-likeness (QED) is 0.153. The molecule has 11 nitrogen and oxygen atoms in total. The molecule has 0 aromatic rings. The van der Waals surface area contributed by atoms with Gasteiger partial charge in [-0.3, -0.25) is 0 Å². The van der Waals surface area contributed by atoms with E-state index in [2.05, 4.69) is 0 Å². The third-order valence-electron chi connectivity index (χ3n) is 6.20. The van der Waals surface area contributed by atoms with Crippen molar-refractivity contribution in [1.29, 1.82) is 0 Å². The van der Waals surface area contributed by atoms with Crippen molar-refractivity contribution >= 4 is 0 Å². The van der Waals surface area contributed by atoms with Crippen LogP contribution in [-0.4, -0.2) is 127 Å². The maximum atomic E-state index is 10.4. The first-order chi connectivity index (χ1) is 13.7. The topological polar surface area (TPSA) is 201 Å². The van der Waals surface area contributed by atoms with Crippen LogP contribution < -0.4 is 0 Å². The van der Waals surface area contributed by atoms with Crippen LogP contribution in [0.15, 0.2) is 0 Å². The van der Waals surface area contributed by atoms with Crippen LogP contribution in [0.4, 0.5) is 0 Å². The predicted molar refractivity (Wildman–Crippen MR) is 96.6 cm³/mol. The molecular weight excluding hydrogens is 392 g/mol. The second kappa shape index (κ2) is 10.7. The van der Waals surface area contributed by atoms with Crippen LogP contribution >= 0.6 is 0 Å². The van der Waals surface area contributed by atoms with E-state index in [9.17, 15) is 40.9 Å². The third-order valence-corrected chi connectivity index (χ3v) is 6.20. The summed E-state index contributed by atoms with van der Waals surface area (Å²) in [5.74, 6) is -1.22. The molecule has 1 saturated heterocycles. The van der Waals surface area contributed by atoms with Gasteiger partial charge in [0.25, 0.3) is 0 Å². The molecule has 10 atom stereocenters. The first kappa shape index (κ1) is 24.8. The predicted octanol–water partition coefficient (Wildman–Crippen LogP) is -4.30. The number of fused-ring (bicyclic) bond motifs is 1. The summed E-state index contributed by atoms with van der Waals surface area (Å²) in [6.45, 7) is -1.20. The number of rotatable bonds is 10. The second-order valence-corrected chi connectivity index (χ2v) is 8.08. The van der Waals surface area contributed by atoms with E-state index in [1.54, 1.807) is 0 Å². The Balaban J connectivity index is 1.87. The maximum absolute atomic E-state index is 10.4. The maximum Gasteiger partial charge on any atom is 0.110 e. The molecule has 0 aromatic heterocycles. The van der Waals surface area contributed by atoms with Crippen LogP contribution in [0.2, 0.25) is 0 Å². The minimum atomic E-state index is -1.71. The van der Waals surface area contributed by atoms with E-state index in [-0.39, 0.29) is 26.2 Å². The molecule has 2 fully saturated rings. The van der Waals surface area contributed by atoms with Gasteiger partial charge < -0.3 is 55.4 Å². The molecule has 2 aliphatic rings. The van der Waals surface area contributed by atoms with Gasteiger partial charge in [-0.25, -0.2) is 0 Å². The Morgan fingerprint density at radius 1 is 0.931 bits per heavy atom. The van der Waals surface area contributed by atoms with Crippen LogP contribution in [0.25, 0.3) is 0 Å². The van der Waals surface area contributed by atoms with Gasteiger partial charge in [0.1, 0.15) is 24.4 Å². The lowest BCUT2D eigenvalue weighted by molar-refractivity contribution is -0.256. The van der Waals surface area contributed by atoms with Gasteiger partial charge in [-0.15, -0.1) is 0 Å². The molecule has 11 heteroatoms. The fraction of sp³-hybridized carbons (Fsp3) is 1.00. The lowest BCUT2D eigenvalue weighted by Gasteiger charge is -2.54. The molecule has 9 N–H and O–H groups in total. The minimum absolute atomic E-state index is 0.0200. The van der Waals surface area contributed by atoms with E-state index in [4.69, 9.17) is 14.6 Å². The van der Waals surface area contributed by atoms with Gasteiger partial charge in [0, 0.05) is 18.4 Å². The molecule has 172 valence electrons. The largest absolute Gasteiger partial charge is 0.396 e. The van der Waals surface area contributed by atoms with Gasteiger partial charge in [-0.2, -0.15) is 0 Å². The lowest BCUT2D eigenvalue weighted by atomic mass is 9.64. The first-order valence-corrected chi connectivity index (χ1v) is 9.88. The van der Waals surface area contributed by atoms with E-state index in [0.29, 0.717) is 12.8 Å². The highest BCUT2D eigenvalue weighted by molar-refractivity contribution is 5.05. The van der Waals surface area contributed by atoms with E-state index < -0.39 is 73.4 Å². The van der Waals surface area contributed by atoms with Crippen molar-refractivity contribution in [2.24, 2.45) is 11.8 Å². The molecule has 2 rings (SSSR count). The fourth-order valence-corrected chi connectivity index (χ4v) is 3.95. The summed E-state index contributed by atoms with van der Waals surface area (Å²) in [6.07, 6.45) is -9.31.